The Morgan fingerprint density at radius 2 is 2.31 bits per heavy atom. The summed E-state index contributed by atoms with van der Waals surface area (Å²) in [7, 11) is 1.52. The molecule has 0 fully saturated rings. The van der Waals surface area contributed by atoms with Gasteiger partial charge < -0.3 is 9.94 Å². The summed E-state index contributed by atoms with van der Waals surface area (Å²) in [4.78, 5) is 0. The number of methoxy groups -OCH3 is 1. The van der Waals surface area contributed by atoms with Crippen LogP contribution in [0.5, 0.6) is 5.75 Å². The Labute approximate surface area is 89.1 Å². The summed E-state index contributed by atoms with van der Waals surface area (Å²) in [6, 6.07) is 5.25. The summed E-state index contributed by atoms with van der Waals surface area (Å²) < 4.78 is 5.86. The van der Waals surface area contributed by atoms with Gasteiger partial charge in [-0.3, -0.25) is 0 Å². The number of rotatable bonds is 2. The molecule has 0 saturated heterocycles. The molecule has 0 radical (unpaired) electrons. The highest BCUT2D eigenvalue weighted by Crippen LogP contribution is 2.24. The first-order valence-electron chi connectivity index (χ1n) is 3.40. The maximum absolute atomic E-state index is 8.48. The summed E-state index contributed by atoms with van der Waals surface area (Å²) in [5.41, 5.74) is 0.543. The quantitative estimate of drug-likeness (QED) is 0.507. The van der Waals surface area contributed by atoms with E-state index in [-0.39, 0.29) is 5.17 Å². The second-order valence-electron chi connectivity index (χ2n) is 2.24. The van der Waals surface area contributed by atoms with Crippen molar-refractivity contribution in [3.05, 3.63) is 28.2 Å². The smallest absolute Gasteiger partial charge is 0.179 e. The Balaban J connectivity index is 3.23. The third-order valence-electron chi connectivity index (χ3n) is 1.47. The van der Waals surface area contributed by atoms with Crippen molar-refractivity contribution in [3.8, 4) is 5.75 Å². The molecule has 0 aliphatic heterocycles. The molecule has 70 valence electrons. The molecule has 0 heterocycles. The molecule has 5 heteroatoms. The summed E-state index contributed by atoms with van der Waals surface area (Å²) in [6.07, 6.45) is 0. The molecule has 0 aliphatic rings. The summed E-state index contributed by atoms with van der Waals surface area (Å²) in [5.74, 6) is 0.561. The van der Waals surface area contributed by atoms with Crippen molar-refractivity contribution in [2.45, 2.75) is 0 Å². The SMILES string of the molecule is COc1ccc(Br)cc1/C(Cl)=N\O. The first kappa shape index (κ1) is 10.3. The van der Waals surface area contributed by atoms with Crippen LogP contribution in [0.3, 0.4) is 0 Å². The van der Waals surface area contributed by atoms with Gasteiger partial charge in [0.05, 0.1) is 12.7 Å². The number of nitrogens with zero attached hydrogens (tertiary/aromatic N) is 1. The molecular weight excluding hydrogens is 257 g/mol. The van der Waals surface area contributed by atoms with Gasteiger partial charge in [-0.05, 0) is 18.2 Å². The van der Waals surface area contributed by atoms with Crippen molar-refractivity contribution in [3.63, 3.8) is 0 Å². The Morgan fingerprint density at radius 3 is 2.85 bits per heavy atom. The van der Waals surface area contributed by atoms with Crippen molar-refractivity contribution in [2.24, 2.45) is 5.16 Å². The van der Waals surface area contributed by atoms with Crippen molar-refractivity contribution in [2.75, 3.05) is 7.11 Å². The second-order valence-corrected chi connectivity index (χ2v) is 3.51. The van der Waals surface area contributed by atoms with E-state index in [1.807, 2.05) is 6.07 Å². The van der Waals surface area contributed by atoms with Crippen LogP contribution >= 0.6 is 27.5 Å². The van der Waals surface area contributed by atoms with Gasteiger partial charge >= 0.3 is 0 Å². The van der Waals surface area contributed by atoms with Gasteiger partial charge in [0.2, 0.25) is 0 Å². The van der Waals surface area contributed by atoms with E-state index in [1.54, 1.807) is 12.1 Å². The van der Waals surface area contributed by atoms with Crippen LogP contribution in [-0.2, 0) is 0 Å². The fraction of sp³-hybridized carbons (Fsp3) is 0.125. The molecule has 0 aliphatic carbocycles. The lowest BCUT2D eigenvalue weighted by molar-refractivity contribution is 0.320. The van der Waals surface area contributed by atoms with E-state index in [0.29, 0.717) is 11.3 Å². The monoisotopic (exact) mass is 263 g/mol. The lowest BCUT2D eigenvalue weighted by atomic mass is 10.2. The predicted molar refractivity (Wildman–Crippen MR) is 54.9 cm³/mol. The third-order valence-corrected chi connectivity index (χ3v) is 2.24. The van der Waals surface area contributed by atoms with Crippen LogP contribution in [-0.4, -0.2) is 17.5 Å². The fourth-order valence-electron chi connectivity index (χ4n) is 0.895. The van der Waals surface area contributed by atoms with Crippen LogP contribution in [0.2, 0.25) is 0 Å². The molecule has 0 saturated carbocycles. The zero-order valence-electron chi connectivity index (χ0n) is 6.79. The highest BCUT2D eigenvalue weighted by Gasteiger charge is 2.08. The number of oxime groups is 1. The molecule has 3 nitrogen and oxygen atoms in total. The van der Waals surface area contributed by atoms with E-state index < -0.39 is 0 Å². The molecule has 0 unspecified atom stereocenters. The van der Waals surface area contributed by atoms with E-state index in [1.165, 1.54) is 7.11 Å². The van der Waals surface area contributed by atoms with Crippen molar-refractivity contribution in [1.82, 2.24) is 0 Å². The van der Waals surface area contributed by atoms with Crippen LogP contribution in [0.1, 0.15) is 5.56 Å². The van der Waals surface area contributed by atoms with E-state index in [4.69, 9.17) is 21.5 Å². The number of halogens is 2. The molecule has 1 N–H and O–H groups in total. The van der Waals surface area contributed by atoms with Gasteiger partial charge in [-0.1, -0.05) is 32.7 Å². The number of benzene rings is 1. The van der Waals surface area contributed by atoms with Gasteiger partial charge in [0.1, 0.15) is 5.75 Å². The standard InChI is InChI=1S/C8H7BrClNO2/c1-13-7-3-2-5(9)4-6(7)8(10)11-12/h2-4,12H,1H3/b11-8+. The van der Waals surface area contributed by atoms with Gasteiger partial charge in [-0.15, -0.1) is 0 Å². The molecular formula is C8H7BrClNO2. The van der Waals surface area contributed by atoms with Crippen molar-refractivity contribution < 1.29 is 9.94 Å². The fourth-order valence-corrected chi connectivity index (χ4v) is 1.40. The van der Waals surface area contributed by atoms with Crippen LogP contribution in [0, 0.1) is 0 Å². The van der Waals surface area contributed by atoms with Crippen LogP contribution in [0.4, 0.5) is 0 Å². The van der Waals surface area contributed by atoms with Gasteiger partial charge in [-0.2, -0.15) is 0 Å². The van der Waals surface area contributed by atoms with Gasteiger partial charge in [0.15, 0.2) is 5.17 Å². The van der Waals surface area contributed by atoms with Crippen LogP contribution in [0.15, 0.2) is 27.8 Å². The van der Waals surface area contributed by atoms with Crippen LogP contribution < -0.4 is 4.74 Å². The summed E-state index contributed by atoms with van der Waals surface area (Å²) in [5, 5.41) is 11.4. The summed E-state index contributed by atoms with van der Waals surface area (Å²) >= 11 is 8.92. The normalized spacial score (nSPS) is 11.5. The molecule has 0 aromatic heterocycles. The minimum Gasteiger partial charge on any atom is -0.496 e. The maximum Gasteiger partial charge on any atom is 0.179 e. The molecule has 1 aromatic rings. The molecule has 0 amide bonds. The first-order valence-corrected chi connectivity index (χ1v) is 4.57. The minimum absolute atomic E-state index is 0.00171. The van der Waals surface area contributed by atoms with E-state index in [0.717, 1.165) is 4.47 Å². The minimum atomic E-state index is -0.00171. The summed E-state index contributed by atoms with van der Waals surface area (Å²) in [6.45, 7) is 0. The maximum atomic E-state index is 8.48. The van der Waals surface area contributed by atoms with Gasteiger partial charge in [-0.25, -0.2) is 0 Å². The first-order chi connectivity index (χ1) is 6.19. The molecule has 1 rings (SSSR count). The largest absolute Gasteiger partial charge is 0.496 e. The van der Waals surface area contributed by atoms with Crippen molar-refractivity contribution >= 4 is 32.7 Å². The average molecular weight is 265 g/mol. The number of hydrogen-bond acceptors (Lipinski definition) is 3. The highest BCUT2D eigenvalue weighted by molar-refractivity contribution is 9.10. The molecule has 0 bridgehead atoms. The van der Waals surface area contributed by atoms with Gasteiger partial charge in [0, 0.05) is 4.47 Å². The highest BCUT2D eigenvalue weighted by atomic mass is 79.9. The van der Waals surface area contributed by atoms with E-state index >= 15 is 0 Å². The number of ether oxygens (including phenoxy) is 1. The Morgan fingerprint density at radius 1 is 1.62 bits per heavy atom. The Kier molecular flexibility index (Phi) is 3.57. The second kappa shape index (κ2) is 4.48. The average Bonchev–Trinajstić information content (AvgIpc) is 2.16. The molecule has 13 heavy (non-hydrogen) atoms. The van der Waals surface area contributed by atoms with E-state index in [9.17, 15) is 0 Å². The number of hydrogen-bond donors (Lipinski definition) is 1. The molecule has 1 aromatic carbocycles. The van der Waals surface area contributed by atoms with E-state index in [2.05, 4.69) is 21.1 Å². The Hall–Kier alpha value is -0.740. The van der Waals surface area contributed by atoms with Crippen molar-refractivity contribution in [1.29, 1.82) is 0 Å². The Bertz CT molecular complexity index is 341. The lowest BCUT2D eigenvalue weighted by Gasteiger charge is -2.05. The lowest BCUT2D eigenvalue weighted by Crippen LogP contribution is -1.96. The molecule has 0 atom stereocenters. The zero-order chi connectivity index (χ0) is 9.84. The van der Waals surface area contributed by atoms with Gasteiger partial charge in [0.25, 0.3) is 0 Å². The predicted octanol–water partition coefficient (Wildman–Crippen LogP) is 2.83. The molecule has 0 spiro atoms. The van der Waals surface area contributed by atoms with Crippen LogP contribution in [0.25, 0.3) is 0 Å². The topological polar surface area (TPSA) is 41.8 Å². The zero-order valence-corrected chi connectivity index (χ0v) is 9.13. The third kappa shape index (κ3) is 2.35.